The van der Waals surface area contributed by atoms with Crippen LogP contribution in [-0.4, -0.2) is 62.4 Å². The Balaban J connectivity index is 1.47. The van der Waals surface area contributed by atoms with Crippen molar-refractivity contribution in [2.75, 3.05) is 39.4 Å². The van der Waals surface area contributed by atoms with Crippen LogP contribution in [0.2, 0.25) is 0 Å². The number of carbonyl (C=O) groups is 1. The lowest BCUT2D eigenvalue weighted by atomic mass is 10.2. The summed E-state index contributed by atoms with van der Waals surface area (Å²) in [6, 6.07) is 7.65. The summed E-state index contributed by atoms with van der Waals surface area (Å²) < 4.78 is 17.3. The molecule has 6 heteroatoms. The summed E-state index contributed by atoms with van der Waals surface area (Å²) >= 11 is 0. The van der Waals surface area contributed by atoms with Gasteiger partial charge in [0.2, 0.25) is 5.91 Å². The number of rotatable bonds is 8. The monoisotopic (exact) mass is 348 g/mol. The van der Waals surface area contributed by atoms with E-state index in [4.69, 9.17) is 14.2 Å². The van der Waals surface area contributed by atoms with E-state index < -0.39 is 0 Å². The highest BCUT2D eigenvalue weighted by molar-refractivity contribution is 5.78. The first-order valence-electron chi connectivity index (χ1n) is 9.25. The van der Waals surface area contributed by atoms with E-state index in [1.807, 2.05) is 29.2 Å². The molecule has 0 spiro atoms. The van der Waals surface area contributed by atoms with Crippen molar-refractivity contribution >= 4 is 5.91 Å². The zero-order valence-corrected chi connectivity index (χ0v) is 14.9. The van der Waals surface area contributed by atoms with Gasteiger partial charge in [-0.25, -0.2) is 0 Å². The molecule has 2 heterocycles. The fourth-order valence-electron chi connectivity index (χ4n) is 3.24. The average molecular weight is 348 g/mol. The van der Waals surface area contributed by atoms with Gasteiger partial charge in [-0.15, -0.1) is 0 Å². The van der Waals surface area contributed by atoms with Gasteiger partial charge in [0.25, 0.3) is 0 Å². The molecule has 1 aromatic carbocycles. The zero-order chi connectivity index (χ0) is 17.5. The minimum atomic E-state index is -0.136. The molecule has 1 aromatic rings. The first kappa shape index (κ1) is 18.0. The Morgan fingerprint density at radius 3 is 2.88 bits per heavy atom. The summed E-state index contributed by atoms with van der Waals surface area (Å²) in [4.78, 5) is 14.4. The minimum Gasteiger partial charge on any atom is -0.486 e. The number of carbonyl (C=O) groups excluding carboxylic acids is 1. The lowest BCUT2D eigenvalue weighted by Crippen LogP contribution is -2.47. The maximum absolute atomic E-state index is 12.6. The SMILES string of the molecule is CCCN(CC1COc2ccccc2O1)C(=O)CNCC1CCCO1. The second-order valence-corrected chi connectivity index (χ2v) is 6.60. The molecule has 1 amide bonds. The summed E-state index contributed by atoms with van der Waals surface area (Å²) in [5.41, 5.74) is 0. The highest BCUT2D eigenvalue weighted by Crippen LogP contribution is 2.31. The summed E-state index contributed by atoms with van der Waals surface area (Å²) in [6.45, 7) is 5.72. The fraction of sp³-hybridized carbons (Fsp3) is 0.632. The zero-order valence-electron chi connectivity index (χ0n) is 14.9. The van der Waals surface area contributed by atoms with Crippen molar-refractivity contribution in [3.8, 4) is 11.5 Å². The van der Waals surface area contributed by atoms with Crippen LogP contribution in [0.3, 0.4) is 0 Å². The molecule has 1 saturated heterocycles. The Morgan fingerprint density at radius 2 is 2.12 bits per heavy atom. The quantitative estimate of drug-likeness (QED) is 0.777. The lowest BCUT2D eigenvalue weighted by Gasteiger charge is -2.31. The molecule has 0 bridgehead atoms. The number of benzene rings is 1. The summed E-state index contributed by atoms with van der Waals surface area (Å²) in [5.74, 6) is 1.62. The number of fused-ring (bicyclic) bond motifs is 1. The second kappa shape index (κ2) is 9.06. The molecule has 2 unspecified atom stereocenters. The topological polar surface area (TPSA) is 60.0 Å². The Hall–Kier alpha value is -1.79. The Labute approximate surface area is 149 Å². The van der Waals surface area contributed by atoms with E-state index in [2.05, 4.69) is 12.2 Å². The number of nitrogens with zero attached hydrogens (tertiary/aromatic N) is 1. The maximum Gasteiger partial charge on any atom is 0.236 e. The van der Waals surface area contributed by atoms with Crippen LogP contribution < -0.4 is 14.8 Å². The standard InChI is InChI=1S/C19H28N2O4/c1-2-9-21(19(22)12-20-11-15-6-5-10-23-15)13-16-14-24-17-7-3-4-8-18(17)25-16/h3-4,7-8,15-16,20H,2,5-6,9-14H2,1H3. The smallest absolute Gasteiger partial charge is 0.236 e. The van der Waals surface area contributed by atoms with E-state index in [0.29, 0.717) is 19.7 Å². The molecule has 25 heavy (non-hydrogen) atoms. The van der Waals surface area contributed by atoms with Gasteiger partial charge in [0.15, 0.2) is 17.6 Å². The van der Waals surface area contributed by atoms with Crippen LogP contribution in [0, 0.1) is 0 Å². The third-order valence-corrected chi connectivity index (χ3v) is 4.51. The van der Waals surface area contributed by atoms with Gasteiger partial charge in [-0.05, 0) is 31.4 Å². The molecule has 0 radical (unpaired) electrons. The molecule has 0 aliphatic carbocycles. The first-order chi connectivity index (χ1) is 12.3. The van der Waals surface area contributed by atoms with E-state index in [0.717, 1.165) is 50.5 Å². The van der Waals surface area contributed by atoms with Crippen LogP contribution in [0.15, 0.2) is 24.3 Å². The number of amides is 1. The van der Waals surface area contributed by atoms with Crippen molar-refractivity contribution in [2.24, 2.45) is 0 Å². The molecule has 1 fully saturated rings. The van der Waals surface area contributed by atoms with E-state index in [9.17, 15) is 4.79 Å². The van der Waals surface area contributed by atoms with Crippen molar-refractivity contribution in [2.45, 2.75) is 38.4 Å². The van der Waals surface area contributed by atoms with Gasteiger partial charge in [0, 0.05) is 19.7 Å². The lowest BCUT2D eigenvalue weighted by molar-refractivity contribution is -0.132. The van der Waals surface area contributed by atoms with Crippen LogP contribution >= 0.6 is 0 Å². The van der Waals surface area contributed by atoms with Gasteiger partial charge >= 0.3 is 0 Å². The molecule has 2 atom stereocenters. The fourth-order valence-corrected chi connectivity index (χ4v) is 3.24. The highest BCUT2D eigenvalue weighted by atomic mass is 16.6. The van der Waals surface area contributed by atoms with E-state index >= 15 is 0 Å². The van der Waals surface area contributed by atoms with Crippen LogP contribution in [0.25, 0.3) is 0 Å². The normalized spacial score (nSPS) is 22.0. The third kappa shape index (κ3) is 5.09. The van der Waals surface area contributed by atoms with Gasteiger partial charge < -0.3 is 24.4 Å². The minimum absolute atomic E-state index is 0.0994. The molecule has 1 N–H and O–H groups in total. The average Bonchev–Trinajstić information content (AvgIpc) is 3.14. The molecule has 0 saturated carbocycles. The van der Waals surface area contributed by atoms with Crippen molar-refractivity contribution in [3.05, 3.63) is 24.3 Å². The highest BCUT2D eigenvalue weighted by Gasteiger charge is 2.25. The Morgan fingerprint density at radius 1 is 1.28 bits per heavy atom. The van der Waals surface area contributed by atoms with E-state index in [1.165, 1.54) is 0 Å². The van der Waals surface area contributed by atoms with Gasteiger partial charge in [-0.2, -0.15) is 0 Å². The number of para-hydroxylation sites is 2. The van der Waals surface area contributed by atoms with Gasteiger partial charge in [0.1, 0.15) is 6.61 Å². The van der Waals surface area contributed by atoms with Crippen molar-refractivity contribution in [1.29, 1.82) is 0 Å². The largest absolute Gasteiger partial charge is 0.486 e. The van der Waals surface area contributed by atoms with Crippen LogP contribution in [0.1, 0.15) is 26.2 Å². The molecule has 6 nitrogen and oxygen atoms in total. The summed E-state index contributed by atoms with van der Waals surface area (Å²) in [7, 11) is 0. The van der Waals surface area contributed by atoms with Gasteiger partial charge in [-0.1, -0.05) is 19.1 Å². The predicted molar refractivity (Wildman–Crippen MR) is 95.1 cm³/mol. The van der Waals surface area contributed by atoms with Crippen LogP contribution in [-0.2, 0) is 9.53 Å². The molecule has 0 aromatic heterocycles. The second-order valence-electron chi connectivity index (χ2n) is 6.60. The summed E-state index contributed by atoms with van der Waals surface area (Å²) in [6.07, 6.45) is 3.22. The van der Waals surface area contributed by atoms with Crippen molar-refractivity contribution in [1.82, 2.24) is 10.2 Å². The molecule has 2 aliphatic heterocycles. The van der Waals surface area contributed by atoms with Gasteiger partial charge in [0.05, 0.1) is 19.2 Å². The maximum atomic E-state index is 12.6. The van der Waals surface area contributed by atoms with Crippen LogP contribution in [0.4, 0.5) is 0 Å². The van der Waals surface area contributed by atoms with Gasteiger partial charge in [-0.3, -0.25) is 4.79 Å². The molecular formula is C19H28N2O4. The van der Waals surface area contributed by atoms with Crippen LogP contribution in [0.5, 0.6) is 11.5 Å². The van der Waals surface area contributed by atoms with Crippen molar-refractivity contribution in [3.63, 3.8) is 0 Å². The molecular weight excluding hydrogens is 320 g/mol. The molecule has 3 rings (SSSR count). The number of ether oxygens (including phenoxy) is 3. The van der Waals surface area contributed by atoms with Crippen molar-refractivity contribution < 1.29 is 19.0 Å². The number of hydrogen-bond donors (Lipinski definition) is 1. The Bertz CT molecular complexity index is 560. The summed E-state index contributed by atoms with van der Waals surface area (Å²) in [5, 5.41) is 3.23. The molecule has 2 aliphatic rings. The number of nitrogens with one attached hydrogen (secondary N) is 1. The molecule has 138 valence electrons. The third-order valence-electron chi connectivity index (χ3n) is 4.51. The first-order valence-corrected chi connectivity index (χ1v) is 9.25. The predicted octanol–water partition coefficient (Wildman–Crippen LogP) is 1.83. The van der Waals surface area contributed by atoms with E-state index in [-0.39, 0.29) is 18.1 Å². The number of hydrogen-bond acceptors (Lipinski definition) is 5. The van der Waals surface area contributed by atoms with E-state index in [1.54, 1.807) is 0 Å². The Kier molecular flexibility index (Phi) is 6.53.